The molecule has 21 heavy (non-hydrogen) atoms. The van der Waals surface area contributed by atoms with Gasteiger partial charge in [0.2, 0.25) is 0 Å². The second-order valence-electron chi connectivity index (χ2n) is 5.82. The second kappa shape index (κ2) is 7.61. The molecule has 0 aromatic carbocycles. The number of rotatable bonds is 7. The zero-order valence-electron chi connectivity index (χ0n) is 13.0. The van der Waals surface area contributed by atoms with Crippen molar-refractivity contribution in [3.8, 4) is 11.5 Å². The normalized spacial score (nSPS) is 17.5. The molecule has 2 rings (SSSR count). The molecule has 5 nitrogen and oxygen atoms in total. The summed E-state index contributed by atoms with van der Waals surface area (Å²) in [7, 11) is 3.25. The fourth-order valence-corrected chi connectivity index (χ4v) is 3.12. The number of hydrogen-bond acceptors (Lipinski definition) is 5. The third-order valence-electron chi connectivity index (χ3n) is 4.41. The maximum absolute atomic E-state index is 9.72. The first kappa shape index (κ1) is 16.0. The van der Waals surface area contributed by atoms with E-state index in [1.54, 1.807) is 26.5 Å². The van der Waals surface area contributed by atoms with Crippen LogP contribution >= 0.6 is 0 Å². The molecule has 1 aromatic rings. The molecule has 0 spiro atoms. The van der Waals surface area contributed by atoms with Crippen molar-refractivity contribution < 1.29 is 14.6 Å². The van der Waals surface area contributed by atoms with Crippen molar-refractivity contribution >= 4 is 0 Å². The molecule has 0 aliphatic heterocycles. The van der Waals surface area contributed by atoms with Gasteiger partial charge in [0.25, 0.3) is 0 Å². The monoisotopic (exact) mass is 294 g/mol. The van der Waals surface area contributed by atoms with Crippen molar-refractivity contribution in [3.63, 3.8) is 0 Å². The molecule has 1 aliphatic carbocycles. The molecule has 0 saturated heterocycles. The highest BCUT2D eigenvalue weighted by atomic mass is 16.5. The van der Waals surface area contributed by atoms with Crippen LogP contribution in [-0.4, -0.2) is 37.5 Å². The van der Waals surface area contributed by atoms with E-state index in [0.717, 1.165) is 25.1 Å². The van der Waals surface area contributed by atoms with E-state index in [9.17, 15) is 5.11 Å². The third-order valence-corrected chi connectivity index (χ3v) is 4.41. The van der Waals surface area contributed by atoms with Crippen LogP contribution in [-0.2, 0) is 6.54 Å². The minimum Gasteiger partial charge on any atom is -0.493 e. The SMILES string of the molecule is COc1ccnc(CNCC2(CO)CCCCC2)c1OC. The second-order valence-corrected chi connectivity index (χ2v) is 5.82. The van der Waals surface area contributed by atoms with Gasteiger partial charge in [-0.15, -0.1) is 0 Å². The van der Waals surface area contributed by atoms with Crippen LogP contribution in [0.3, 0.4) is 0 Å². The zero-order chi connectivity index (χ0) is 15.1. The van der Waals surface area contributed by atoms with Gasteiger partial charge in [0.1, 0.15) is 0 Å². The maximum atomic E-state index is 9.72. The van der Waals surface area contributed by atoms with E-state index in [0.29, 0.717) is 18.0 Å². The number of nitrogens with one attached hydrogen (secondary N) is 1. The fraction of sp³-hybridized carbons (Fsp3) is 0.688. The van der Waals surface area contributed by atoms with Gasteiger partial charge in [0, 0.05) is 37.4 Å². The van der Waals surface area contributed by atoms with Crippen molar-refractivity contribution in [2.75, 3.05) is 27.4 Å². The van der Waals surface area contributed by atoms with Crippen molar-refractivity contribution in [2.24, 2.45) is 5.41 Å². The largest absolute Gasteiger partial charge is 0.493 e. The van der Waals surface area contributed by atoms with Crippen LogP contribution in [0, 0.1) is 5.41 Å². The smallest absolute Gasteiger partial charge is 0.183 e. The van der Waals surface area contributed by atoms with Crippen LogP contribution in [0.25, 0.3) is 0 Å². The number of methoxy groups -OCH3 is 2. The van der Waals surface area contributed by atoms with Crippen LogP contribution in [0.4, 0.5) is 0 Å². The van der Waals surface area contributed by atoms with Gasteiger partial charge in [-0.25, -0.2) is 0 Å². The summed E-state index contributed by atoms with van der Waals surface area (Å²) in [5.74, 6) is 1.37. The van der Waals surface area contributed by atoms with Crippen molar-refractivity contribution in [1.29, 1.82) is 0 Å². The first-order valence-electron chi connectivity index (χ1n) is 7.62. The number of nitrogens with zero attached hydrogens (tertiary/aromatic N) is 1. The lowest BCUT2D eigenvalue weighted by molar-refractivity contribution is 0.0809. The maximum Gasteiger partial charge on any atom is 0.183 e. The summed E-state index contributed by atoms with van der Waals surface area (Å²) < 4.78 is 10.7. The summed E-state index contributed by atoms with van der Waals surface area (Å²) in [6.07, 6.45) is 7.62. The molecule has 1 heterocycles. The van der Waals surface area contributed by atoms with Gasteiger partial charge >= 0.3 is 0 Å². The highest BCUT2D eigenvalue weighted by Gasteiger charge is 2.30. The molecular weight excluding hydrogens is 268 g/mol. The first-order chi connectivity index (χ1) is 10.2. The third kappa shape index (κ3) is 3.86. The molecule has 2 N–H and O–H groups in total. The highest BCUT2D eigenvalue weighted by molar-refractivity contribution is 5.42. The number of aromatic nitrogens is 1. The summed E-state index contributed by atoms with van der Waals surface area (Å²) in [5, 5.41) is 13.2. The van der Waals surface area contributed by atoms with E-state index >= 15 is 0 Å². The van der Waals surface area contributed by atoms with Crippen molar-refractivity contribution in [2.45, 2.75) is 38.6 Å². The van der Waals surface area contributed by atoms with E-state index in [-0.39, 0.29) is 12.0 Å². The van der Waals surface area contributed by atoms with Crippen LogP contribution in [0.15, 0.2) is 12.3 Å². The molecular formula is C16H26N2O3. The molecule has 1 fully saturated rings. The molecule has 0 atom stereocenters. The highest BCUT2D eigenvalue weighted by Crippen LogP contribution is 2.35. The van der Waals surface area contributed by atoms with Gasteiger partial charge in [-0.1, -0.05) is 19.3 Å². The average molecular weight is 294 g/mol. The number of pyridine rings is 1. The minimum absolute atomic E-state index is 0.0321. The predicted molar refractivity (Wildman–Crippen MR) is 81.7 cm³/mol. The topological polar surface area (TPSA) is 63.6 Å². The Morgan fingerprint density at radius 1 is 1.24 bits per heavy atom. The molecule has 1 saturated carbocycles. The Morgan fingerprint density at radius 3 is 2.62 bits per heavy atom. The van der Waals surface area contributed by atoms with Gasteiger partial charge in [-0.3, -0.25) is 4.98 Å². The Balaban J connectivity index is 1.96. The Labute approximate surface area is 126 Å². The summed E-state index contributed by atoms with van der Waals surface area (Å²) >= 11 is 0. The average Bonchev–Trinajstić information content (AvgIpc) is 2.55. The van der Waals surface area contributed by atoms with Gasteiger partial charge < -0.3 is 19.9 Å². The molecule has 1 aromatic heterocycles. The van der Waals surface area contributed by atoms with E-state index in [1.165, 1.54) is 19.3 Å². The molecule has 1 aliphatic rings. The summed E-state index contributed by atoms with van der Waals surface area (Å²) in [6, 6.07) is 1.79. The number of aliphatic hydroxyl groups excluding tert-OH is 1. The lowest BCUT2D eigenvalue weighted by Crippen LogP contribution is -2.39. The molecule has 5 heteroatoms. The quantitative estimate of drug-likeness (QED) is 0.806. The van der Waals surface area contributed by atoms with Crippen LogP contribution in [0.2, 0.25) is 0 Å². The Hall–Kier alpha value is -1.33. The summed E-state index contributed by atoms with van der Waals surface area (Å²) in [5.41, 5.74) is 0.866. The zero-order valence-corrected chi connectivity index (χ0v) is 13.0. The number of hydrogen-bond donors (Lipinski definition) is 2. The van der Waals surface area contributed by atoms with Crippen LogP contribution in [0.5, 0.6) is 11.5 Å². The van der Waals surface area contributed by atoms with E-state index in [4.69, 9.17) is 9.47 Å². The lowest BCUT2D eigenvalue weighted by Gasteiger charge is -2.35. The van der Waals surface area contributed by atoms with Crippen LogP contribution < -0.4 is 14.8 Å². The fourth-order valence-electron chi connectivity index (χ4n) is 3.12. The Morgan fingerprint density at radius 2 is 2.00 bits per heavy atom. The molecule has 0 amide bonds. The summed E-state index contributed by atoms with van der Waals surface area (Å²) in [4.78, 5) is 4.36. The predicted octanol–water partition coefficient (Wildman–Crippen LogP) is 2.13. The van der Waals surface area contributed by atoms with E-state index in [1.807, 2.05) is 0 Å². The van der Waals surface area contributed by atoms with Crippen molar-refractivity contribution in [1.82, 2.24) is 10.3 Å². The van der Waals surface area contributed by atoms with E-state index in [2.05, 4.69) is 10.3 Å². The van der Waals surface area contributed by atoms with Gasteiger partial charge in [0.05, 0.1) is 19.9 Å². The minimum atomic E-state index is 0.0321. The molecule has 0 unspecified atom stereocenters. The standard InChI is InChI=1S/C16H26N2O3/c1-20-14-6-9-18-13(15(14)21-2)10-17-11-16(12-19)7-4-3-5-8-16/h6,9,17,19H,3-5,7-8,10-12H2,1-2H3. The molecule has 0 radical (unpaired) electrons. The molecule has 118 valence electrons. The Bertz CT molecular complexity index is 445. The number of ether oxygens (including phenoxy) is 2. The lowest BCUT2D eigenvalue weighted by atomic mass is 9.74. The number of aliphatic hydroxyl groups is 1. The Kier molecular flexibility index (Phi) is 5.82. The molecule has 0 bridgehead atoms. The van der Waals surface area contributed by atoms with Crippen molar-refractivity contribution in [3.05, 3.63) is 18.0 Å². The first-order valence-corrected chi connectivity index (χ1v) is 7.62. The van der Waals surface area contributed by atoms with Crippen LogP contribution in [0.1, 0.15) is 37.8 Å². The van der Waals surface area contributed by atoms with Gasteiger partial charge in [-0.2, -0.15) is 0 Å². The van der Waals surface area contributed by atoms with E-state index < -0.39 is 0 Å². The summed E-state index contributed by atoms with van der Waals surface area (Å²) in [6.45, 7) is 1.68. The van der Waals surface area contributed by atoms with Gasteiger partial charge in [-0.05, 0) is 12.8 Å². The van der Waals surface area contributed by atoms with Gasteiger partial charge in [0.15, 0.2) is 11.5 Å².